The van der Waals surface area contributed by atoms with Gasteiger partial charge in [0.2, 0.25) is 10.0 Å². The van der Waals surface area contributed by atoms with Crippen LogP contribution in [0.15, 0.2) is 78.9 Å². The first-order chi connectivity index (χ1) is 20.1. The molecule has 4 unspecified atom stereocenters. The van der Waals surface area contributed by atoms with E-state index in [0.29, 0.717) is 46.1 Å². The first-order valence-corrected chi connectivity index (χ1v) is 16.1. The number of carboxylic acids is 1. The summed E-state index contributed by atoms with van der Waals surface area (Å²) in [5.74, 6) is -1.70. The van der Waals surface area contributed by atoms with Gasteiger partial charge in [0, 0.05) is 10.0 Å². The number of carboxylic acid groups (broad SMARTS) is 1. The first kappa shape index (κ1) is 30.4. The van der Waals surface area contributed by atoms with Gasteiger partial charge in [0.25, 0.3) is 5.91 Å². The van der Waals surface area contributed by atoms with Gasteiger partial charge in [-0.25, -0.2) is 8.42 Å². The minimum Gasteiger partial charge on any atom is -0.481 e. The Kier molecular flexibility index (Phi) is 9.13. The van der Waals surface area contributed by atoms with Gasteiger partial charge in [-0.15, -0.1) is 0 Å². The predicted octanol–water partition coefficient (Wildman–Crippen LogP) is 6.26. The Morgan fingerprint density at radius 3 is 2.29 bits per heavy atom. The molecular weight excluding hydrogens is 599 g/mol. The number of amides is 1. The van der Waals surface area contributed by atoms with Crippen LogP contribution in [0.5, 0.6) is 0 Å². The summed E-state index contributed by atoms with van der Waals surface area (Å²) >= 11 is 12.6. The van der Waals surface area contributed by atoms with E-state index in [0.717, 1.165) is 0 Å². The molecule has 3 aromatic carbocycles. The normalized spacial score (nSPS) is 21.6. The highest BCUT2D eigenvalue weighted by molar-refractivity contribution is 7.93. The molecule has 1 amide bonds. The lowest BCUT2D eigenvalue weighted by atomic mass is 9.89. The number of hydrogen-bond donors (Lipinski definition) is 1. The molecular formula is C31H32Cl2N2O6S. The third-order valence-corrected chi connectivity index (χ3v) is 10.5. The summed E-state index contributed by atoms with van der Waals surface area (Å²) in [5, 5.41) is 10.2. The molecule has 8 nitrogen and oxygen atoms in total. The number of para-hydroxylation sites is 1. The van der Waals surface area contributed by atoms with Crippen molar-refractivity contribution < 1.29 is 27.9 Å². The molecule has 1 aliphatic carbocycles. The zero-order valence-electron chi connectivity index (χ0n) is 23.0. The van der Waals surface area contributed by atoms with E-state index in [-0.39, 0.29) is 6.54 Å². The van der Waals surface area contributed by atoms with Gasteiger partial charge in [0.1, 0.15) is 12.2 Å². The van der Waals surface area contributed by atoms with Gasteiger partial charge in [-0.05, 0) is 66.8 Å². The SMILES string of the molecule is CCC(CN(c1ccccc1)S(=O)(=O)C1CC1)N1C(=O)C(CC(=O)O)OC(c2cccc(Cl)c2)C1c1ccc(Cl)cc1. The lowest BCUT2D eigenvalue weighted by Crippen LogP contribution is -2.58. The molecule has 1 aliphatic heterocycles. The van der Waals surface area contributed by atoms with Crippen LogP contribution >= 0.6 is 23.2 Å². The predicted molar refractivity (Wildman–Crippen MR) is 162 cm³/mol. The van der Waals surface area contributed by atoms with Crippen molar-refractivity contribution >= 4 is 50.8 Å². The van der Waals surface area contributed by atoms with Gasteiger partial charge in [0.05, 0.1) is 36.0 Å². The van der Waals surface area contributed by atoms with Gasteiger partial charge < -0.3 is 14.7 Å². The third kappa shape index (κ3) is 6.44. The van der Waals surface area contributed by atoms with Crippen LogP contribution in [0, 0.1) is 0 Å². The van der Waals surface area contributed by atoms with Gasteiger partial charge in [-0.3, -0.25) is 13.9 Å². The minimum atomic E-state index is -3.70. The molecule has 2 fully saturated rings. The van der Waals surface area contributed by atoms with Crippen molar-refractivity contribution in [1.29, 1.82) is 0 Å². The van der Waals surface area contributed by atoms with Crippen molar-refractivity contribution in [2.45, 2.75) is 62.1 Å². The number of aliphatic carboxylic acids is 1. The maximum Gasteiger partial charge on any atom is 0.306 e. The molecule has 0 bridgehead atoms. The smallest absolute Gasteiger partial charge is 0.306 e. The minimum absolute atomic E-state index is 0.00274. The summed E-state index contributed by atoms with van der Waals surface area (Å²) in [6.45, 7) is 1.89. The van der Waals surface area contributed by atoms with Crippen LogP contribution in [0.3, 0.4) is 0 Å². The van der Waals surface area contributed by atoms with Gasteiger partial charge >= 0.3 is 5.97 Å². The highest BCUT2D eigenvalue weighted by atomic mass is 35.5. The molecule has 4 atom stereocenters. The number of carbonyl (C=O) groups is 2. The van der Waals surface area contributed by atoms with Crippen LogP contribution in [0.25, 0.3) is 0 Å². The van der Waals surface area contributed by atoms with Crippen molar-refractivity contribution in [2.75, 3.05) is 10.8 Å². The van der Waals surface area contributed by atoms with E-state index in [9.17, 15) is 23.1 Å². The zero-order chi connectivity index (χ0) is 30.0. The summed E-state index contributed by atoms with van der Waals surface area (Å²) in [6.07, 6.45) is -1.03. The van der Waals surface area contributed by atoms with Gasteiger partial charge in [0.15, 0.2) is 0 Å². The maximum absolute atomic E-state index is 14.2. The number of hydrogen-bond acceptors (Lipinski definition) is 5. The monoisotopic (exact) mass is 630 g/mol. The Bertz CT molecular complexity index is 1530. The second kappa shape index (κ2) is 12.6. The summed E-state index contributed by atoms with van der Waals surface area (Å²) in [4.78, 5) is 27.7. The maximum atomic E-state index is 14.2. The zero-order valence-corrected chi connectivity index (χ0v) is 25.3. The van der Waals surface area contributed by atoms with E-state index in [1.807, 2.05) is 19.1 Å². The number of ether oxygens (including phenoxy) is 1. The molecule has 5 rings (SSSR count). The van der Waals surface area contributed by atoms with Crippen LogP contribution in [0.1, 0.15) is 55.9 Å². The summed E-state index contributed by atoms with van der Waals surface area (Å²) in [5.41, 5.74) is 1.89. The van der Waals surface area contributed by atoms with Crippen LogP contribution in [0.2, 0.25) is 10.0 Å². The van der Waals surface area contributed by atoms with E-state index >= 15 is 0 Å². The third-order valence-electron chi connectivity index (χ3n) is 7.71. The van der Waals surface area contributed by atoms with Gasteiger partial charge in [-0.1, -0.05) is 72.6 Å². The fourth-order valence-corrected chi connectivity index (χ4v) is 7.71. The van der Waals surface area contributed by atoms with Crippen molar-refractivity contribution in [3.05, 3.63) is 100 Å². The van der Waals surface area contributed by atoms with Crippen molar-refractivity contribution in [2.24, 2.45) is 0 Å². The van der Waals surface area contributed by atoms with Gasteiger partial charge in [-0.2, -0.15) is 0 Å². The number of nitrogens with zero attached hydrogens (tertiary/aromatic N) is 2. The molecule has 1 heterocycles. The Morgan fingerprint density at radius 1 is 1.00 bits per heavy atom. The molecule has 42 heavy (non-hydrogen) atoms. The number of carbonyl (C=O) groups excluding carboxylic acids is 1. The lowest BCUT2D eigenvalue weighted by Gasteiger charge is -2.48. The Labute approximate surface area is 255 Å². The van der Waals surface area contributed by atoms with Crippen LogP contribution < -0.4 is 4.31 Å². The largest absolute Gasteiger partial charge is 0.481 e. The van der Waals surface area contributed by atoms with E-state index in [1.54, 1.807) is 71.6 Å². The highest BCUT2D eigenvalue weighted by Crippen LogP contribution is 2.45. The van der Waals surface area contributed by atoms with Crippen molar-refractivity contribution in [3.63, 3.8) is 0 Å². The summed E-state index contributed by atoms with van der Waals surface area (Å²) < 4.78 is 35.1. The number of anilines is 1. The Hall–Kier alpha value is -3.11. The fourth-order valence-electron chi connectivity index (χ4n) is 5.50. The van der Waals surface area contributed by atoms with Crippen LogP contribution in [-0.2, 0) is 24.3 Å². The number of morpholine rings is 1. The van der Waals surface area contributed by atoms with Crippen molar-refractivity contribution in [3.8, 4) is 0 Å². The number of benzene rings is 3. The molecule has 2 aliphatic rings. The number of halogens is 2. The molecule has 1 saturated heterocycles. The van der Waals surface area contributed by atoms with E-state index < -0.39 is 57.9 Å². The first-order valence-electron chi connectivity index (χ1n) is 13.9. The second-order valence-corrected chi connectivity index (χ2v) is 13.6. The Morgan fingerprint density at radius 2 is 1.69 bits per heavy atom. The molecule has 0 spiro atoms. The highest BCUT2D eigenvalue weighted by Gasteiger charge is 2.49. The van der Waals surface area contributed by atoms with Crippen LogP contribution in [0.4, 0.5) is 5.69 Å². The van der Waals surface area contributed by atoms with E-state index in [2.05, 4.69) is 0 Å². The Balaban J connectivity index is 1.64. The van der Waals surface area contributed by atoms with Crippen LogP contribution in [-0.4, -0.2) is 54.2 Å². The molecule has 0 aromatic heterocycles. The second-order valence-electron chi connectivity index (χ2n) is 10.6. The summed E-state index contributed by atoms with van der Waals surface area (Å²) in [7, 11) is -3.70. The molecule has 222 valence electrons. The van der Waals surface area contributed by atoms with E-state index in [1.165, 1.54) is 4.31 Å². The average molecular weight is 632 g/mol. The molecule has 1 N–H and O–H groups in total. The number of sulfonamides is 1. The lowest BCUT2D eigenvalue weighted by molar-refractivity contribution is -0.183. The molecule has 0 radical (unpaired) electrons. The quantitative estimate of drug-likeness (QED) is 0.268. The summed E-state index contributed by atoms with van der Waals surface area (Å²) in [6, 6.07) is 21.6. The topological polar surface area (TPSA) is 104 Å². The van der Waals surface area contributed by atoms with E-state index in [4.69, 9.17) is 27.9 Å². The van der Waals surface area contributed by atoms with Crippen molar-refractivity contribution in [1.82, 2.24) is 4.90 Å². The number of rotatable bonds is 11. The average Bonchev–Trinajstić information content (AvgIpc) is 3.82. The molecule has 11 heteroatoms. The fraction of sp³-hybridized carbons (Fsp3) is 0.355. The standard InChI is InChI=1S/C31H32Cl2N2O6S/c1-2-24(19-34(25-9-4-3-5-10-25)42(39,40)26-15-16-26)35-29(20-11-13-22(32)14-12-20)30(21-7-6-8-23(33)17-21)41-27(31(35)38)18-28(36)37/h3-14,17,24,26-27,29-30H,2,15-16,18-19H2,1H3,(H,36,37). The molecule has 3 aromatic rings. The molecule has 1 saturated carbocycles.